The lowest BCUT2D eigenvalue weighted by Gasteiger charge is -2.40. The summed E-state index contributed by atoms with van der Waals surface area (Å²) in [5.74, 6) is -1.78. The fourth-order valence-corrected chi connectivity index (χ4v) is 4.97. The van der Waals surface area contributed by atoms with Crippen LogP contribution in [0, 0.1) is 0 Å². The number of carbonyl (C=O) groups excluding carboxylic acids is 2. The molecule has 0 unspecified atom stereocenters. The molecule has 5 rings (SSSR count). The molecule has 2 amide bonds. The number of carboxylic acid groups (broad SMARTS) is 1. The van der Waals surface area contributed by atoms with Gasteiger partial charge in [0.2, 0.25) is 5.91 Å². The van der Waals surface area contributed by atoms with Crippen LogP contribution in [-0.4, -0.2) is 35.2 Å². The highest BCUT2D eigenvalue weighted by atomic mass is 16.5. The Bertz CT molecular complexity index is 1220. The lowest BCUT2D eigenvalue weighted by atomic mass is 9.76. The van der Waals surface area contributed by atoms with Gasteiger partial charge in [-0.2, -0.15) is 0 Å². The summed E-state index contributed by atoms with van der Waals surface area (Å²) >= 11 is 0. The molecular formula is C28H26N2O5. The summed E-state index contributed by atoms with van der Waals surface area (Å²) < 4.78 is 5.61. The average Bonchev–Trinajstić information content (AvgIpc) is 3.17. The van der Waals surface area contributed by atoms with E-state index in [1.54, 1.807) is 30.3 Å². The Balaban J connectivity index is 1.26. The zero-order valence-corrected chi connectivity index (χ0v) is 19.1. The third-order valence-corrected chi connectivity index (χ3v) is 6.98. The monoisotopic (exact) mass is 470 g/mol. The molecule has 1 saturated carbocycles. The van der Waals surface area contributed by atoms with Gasteiger partial charge >= 0.3 is 12.1 Å². The second-order valence-corrected chi connectivity index (χ2v) is 9.04. The average molecular weight is 471 g/mol. The highest BCUT2D eigenvalue weighted by Gasteiger charge is 2.47. The normalized spacial score (nSPS) is 16.2. The number of nitrogens with one attached hydrogen (secondary N) is 2. The van der Waals surface area contributed by atoms with Crippen LogP contribution >= 0.6 is 0 Å². The summed E-state index contributed by atoms with van der Waals surface area (Å²) in [5, 5.41) is 15.0. The third-order valence-electron chi connectivity index (χ3n) is 6.98. The second-order valence-electron chi connectivity index (χ2n) is 9.04. The molecule has 1 fully saturated rings. The van der Waals surface area contributed by atoms with Gasteiger partial charge < -0.3 is 20.5 Å². The van der Waals surface area contributed by atoms with Crippen LogP contribution < -0.4 is 10.6 Å². The van der Waals surface area contributed by atoms with Crippen LogP contribution in [0.15, 0.2) is 78.9 Å². The van der Waals surface area contributed by atoms with E-state index in [4.69, 9.17) is 4.74 Å². The number of fused-ring (bicyclic) bond motifs is 3. The van der Waals surface area contributed by atoms with Gasteiger partial charge in [0.15, 0.2) is 6.04 Å². The molecule has 0 heterocycles. The minimum atomic E-state index is -1.20. The molecule has 0 aliphatic heterocycles. The van der Waals surface area contributed by atoms with Crippen LogP contribution in [0.1, 0.15) is 47.9 Å². The van der Waals surface area contributed by atoms with Gasteiger partial charge in [0.25, 0.3) is 0 Å². The molecule has 35 heavy (non-hydrogen) atoms. The van der Waals surface area contributed by atoms with E-state index in [1.165, 1.54) is 0 Å². The molecule has 178 valence electrons. The van der Waals surface area contributed by atoms with E-state index in [9.17, 15) is 19.5 Å². The highest BCUT2D eigenvalue weighted by molar-refractivity contribution is 5.94. The first-order valence-corrected chi connectivity index (χ1v) is 11.7. The fourth-order valence-electron chi connectivity index (χ4n) is 4.97. The van der Waals surface area contributed by atoms with E-state index in [0.717, 1.165) is 28.7 Å². The van der Waals surface area contributed by atoms with Gasteiger partial charge in [0.1, 0.15) is 12.1 Å². The summed E-state index contributed by atoms with van der Waals surface area (Å²) in [6.45, 7) is 0.138. The molecular weight excluding hydrogens is 444 g/mol. The van der Waals surface area contributed by atoms with E-state index in [2.05, 4.69) is 22.8 Å². The first kappa shape index (κ1) is 22.7. The Morgan fingerprint density at radius 1 is 0.886 bits per heavy atom. The SMILES string of the molecule is O=C(NC1(C(=O)N[C@H](C(=O)O)c2ccccc2)CCC1)OCC1c2ccccc2-c2ccccc21. The molecule has 3 aromatic carbocycles. The maximum atomic E-state index is 13.1. The largest absolute Gasteiger partial charge is 0.479 e. The predicted molar refractivity (Wildman–Crippen MR) is 130 cm³/mol. The minimum Gasteiger partial charge on any atom is -0.479 e. The molecule has 3 N–H and O–H groups in total. The van der Waals surface area contributed by atoms with E-state index in [-0.39, 0.29) is 12.5 Å². The van der Waals surface area contributed by atoms with Crippen molar-refractivity contribution in [1.82, 2.24) is 10.6 Å². The Morgan fingerprint density at radius 3 is 2.00 bits per heavy atom. The zero-order chi connectivity index (χ0) is 24.4. The van der Waals surface area contributed by atoms with Crippen LogP contribution in [0.25, 0.3) is 11.1 Å². The summed E-state index contributed by atoms with van der Waals surface area (Å²) in [5.41, 5.74) is 3.75. The summed E-state index contributed by atoms with van der Waals surface area (Å²) in [4.78, 5) is 37.7. The molecule has 1 atom stereocenters. The Kier molecular flexibility index (Phi) is 5.99. The van der Waals surface area contributed by atoms with Gasteiger partial charge in [-0.05, 0) is 47.1 Å². The molecule has 2 aliphatic rings. The fraction of sp³-hybridized carbons (Fsp3) is 0.250. The third kappa shape index (κ3) is 4.25. The number of rotatable bonds is 7. The van der Waals surface area contributed by atoms with Crippen LogP contribution in [0.5, 0.6) is 0 Å². The van der Waals surface area contributed by atoms with Crippen molar-refractivity contribution in [2.24, 2.45) is 0 Å². The summed E-state index contributed by atoms with van der Waals surface area (Å²) in [7, 11) is 0. The molecule has 0 aromatic heterocycles. The number of alkyl carbamates (subject to hydrolysis) is 1. The lowest BCUT2D eigenvalue weighted by Crippen LogP contribution is -2.63. The van der Waals surface area contributed by atoms with Gasteiger partial charge in [-0.1, -0.05) is 78.9 Å². The number of carbonyl (C=O) groups is 3. The number of amides is 2. The quantitative estimate of drug-likeness (QED) is 0.475. The van der Waals surface area contributed by atoms with E-state index >= 15 is 0 Å². The Hall–Kier alpha value is -4.13. The number of ether oxygens (including phenoxy) is 1. The van der Waals surface area contributed by atoms with Crippen LogP contribution in [0.2, 0.25) is 0 Å². The van der Waals surface area contributed by atoms with Gasteiger partial charge in [-0.15, -0.1) is 0 Å². The molecule has 3 aromatic rings. The number of benzene rings is 3. The van der Waals surface area contributed by atoms with E-state index in [0.29, 0.717) is 18.4 Å². The van der Waals surface area contributed by atoms with Crippen molar-refractivity contribution in [2.75, 3.05) is 6.61 Å². The van der Waals surface area contributed by atoms with E-state index < -0.39 is 29.6 Å². The van der Waals surface area contributed by atoms with Crippen molar-refractivity contribution in [3.8, 4) is 11.1 Å². The molecule has 0 radical (unpaired) electrons. The smallest absolute Gasteiger partial charge is 0.408 e. The molecule has 0 spiro atoms. The maximum Gasteiger partial charge on any atom is 0.408 e. The van der Waals surface area contributed by atoms with Gasteiger partial charge in [-0.3, -0.25) is 4.79 Å². The van der Waals surface area contributed by atoms with Crippen molar-refractivity contribution in [1.29, 1.82) is 0 Å². The maximum absolute atomic E-state index is 13.1. The van der Waals surface area contributed by atoms with Gasteiger partial charge in [0.05, 0.1) is 0 Å². The standard InChI is InChI=1S/C28H26N2O5/c31-25(32)24(18-9-2-1-3-10-18)29-26(33)28(15-8-16-28)30-27(34)35-17-23-21-13-6-4-11-19(21)20-12-5-7-14-22(20)23/h1-7,9-14,23-24H,8,15-17H2,(H,29,33)(H,30,34)(H,31,32)/t24-/m0/s1. The summed E-state index contributed by atoms with van der Waals surface area (Å²) in [6, 6.07) is 23.4. The molecule has 0 bridgehead atoms. The van der Waals surface area contributed by atoms with Crippen LogP contribution in [0.4, 0.5) is 4.79 Å². The molecule has 7 nitrogen and oxygen atoms in total. The Labute approximate surface area is 203 Å². The van der Waals surface area contributed by atoms with Crippen molar-refractivity contribution in [3.63, 3.8) is 0 Å². The number of carboxylic acids is 1. The summed E-state index contributed by atoms with van der Waals surface area (Å²) in [6.07, 6.45) is 0.905. The van der Waals surface area contributed by atoms with Crippen molar-refractivity contribution >= 4 is 18.0 Å². The molecule has 7 heteroatoms. The van der Waals surface area contributed by atoms with Gasteiger partial charge in [-0.25, -0.2) is 9.59 Å². The molecule has 0 saturated heterocycles. The first-order valence-electron chi connectivity index (χ1n) is 11.7. The number of aliphatic carboxylic acids is 1. The predicted octanol–water partition coefficient (Wildman–Crippen LogP) is 4.39. The van der Waals surface area contributed by atoms with Crippen LogP contribution in [-0.2, 0) is 14.3 Å². The lowest BCUT2D eigenvalue weighted by molar-refractivity contribution is -0.144. The van der Waals surface area contributed by atoms with Crippen LogP contribution in [0.3, 0.4) is 0 Å². The van der Waals surface area contributed by atoms with Crippen molar-refractivity contribution < 1.29 is 24.2 Å². The Morgan fingerprint density at radius 2 is 1.46 bits per heavy atom. The first-order chi connectivity index (χ1) is 17.0. The van der Waals surface area contributed by atoms with E-state index in [1.807, 2.05) is 36.4 Å². The topological polar surface area (TPSA) is 105 Å². The number of hydrogen-bond acceptors (Lipinski definition) is 4. The zero-order valence-electron chi connectivity index (χ0n) is 19.1. The minimum absolute atomic E-state index is 0.0891. The highest BCUT2D eigenvalue weighted by Crippen LogP contribution is 2.44. The van der Waals surface area contributed by atoms with Crippen molar-refractivity contribution in [2.45, 2.75) is 36.8 Å². The number of hydrogen-bond donors (Lipinski definition) is 3. The van der Waals surface area contributed by atoms with Crippen molar-refractivity contribution in [3.05, 3.63) is 95.6 Å². The molecule has 2 aliphatic carbocycles. The van der Waals surface area contributed by atoms with Gasteiger partial charge in [0, 0.05) is 5.92 Å². The second kappa shape index (κ2) is 9.25.